The Hall–Kier alpha value is -1.56. The van der Waals surface area contributed by atoms with Crippen molar-refractivity contribution in [2.75, 3.05) is 6.54 Å². The number of ether oxygens (including phenoxy) is 1. The fourth-order valence-corrected chi connectivity index (χ4v) is 2.21. The minimum atomic E-state index is -0.851. The number of nitrogens with one attached hydrogen (secondary N) is 1. The lowest BCUT2D eigenvalue weighted by molar-refractivity contribution is -0.135. The highest BCUT2D eigenvalue weighted by Gasteiger charge is 1.99. The van der Waals surface area contributed by atoms with Crippen LogP contribution in [0.4, 0.5) is 0 Å². The van der Waals surface area contributed by atoms with Crippen LogP contribution in [0.3, 0.4) is 0 Å². The van der Waals surface area contributed by atoms with Crippen LogP contribution in [0.15, 0.2) is 41.1 Å². The highest BCUT2D eigenvalue weighted by molar-refractivity contribution is 7.07. The monoisotopic (exact) mass is 313 g/mol. The van der Waals surface area contributed by atoms with Gasteiger partial charge in [0, 0.05) is 6.54 Å². The SMILES string of the molecule is Cl.O=C(O)CNCc1ccc(OCc2ccsc2)cc1. The minimum Gasteiger partial charge on any atom is -0.489 e. The van der Waals surface area contributed by atoms with Crippen molar-refractivity contribution in [2.45, 2.75) is 13.2 Å². The molecule has 1 heterocycles. The number of benzene rings is 1. The maximum absolute atomic E-state index is 10.4. The summed E-state index contributed by atoms with van der Waals surface area (Å²) in [5.41, 5.74) is 2.20. The highest BCUT2D eigenvalue weighted by atomic mass is 35.5. The molecule has 108 valence electrons. The molecule has 4 nitrogen and oxygen atoms in total. The van der Waals surface area contributed by atoms with Crippen molar-refractivity contribution in [3.8, 4) is 5.75 Å². The lowest BCUT2D eigenvalue weighted by atomic mass is 10.2. The molecule has 0 aliphatic heterocycles. The van der Waals surface area contributed by atoms with E-state index < -0.39 is 5.97 Å². The van der Waals surface area contributed by atoms with Crippen LogP contribution < -0.4 is 10.1 Å². The van der Waals surface area contributed by atoms with Crippen molar-refractivity contribution < 1.29 is 14.6 Å². The lowest BCUT2D eigenvalue weighted by Gasteiger charge is -2.06. The average molecular weight is 314 g/mol. The standard InChI is InChI=1S/C14H15NO3S.ClH/c16-14(17)8-15-7-11-1-3-13(4-2-11)18-9-12-5-6-19-10-12;/h1-6,10,15H,7-9H2,(H,16,17);1H. The second kappa shape index (κ2) is 8.58. The van der Waals surface area contributed by atoms with Crippen LogP contribution in [0.1, 0.15) is 11.1 Å². The van der Waals surface area contributed by atoms with Crippen molar-refractivity contribution in [2.24, 2.45) is 0 Å². The van der Waals surface area contributed by atoms with Gasteiger partial charge < -0.3 is 15.2 Å². The molecule has 1 aromatic heterocycles. The maximum Gasteiger partial charge on any atom is 0.317 e. The Labute approximate surface area is 127 Å². The van der Waals surface area contributed by atoms with E-state index in [1.807, 2.05) is 35.7 Å². The summed E-state index contributed by atoms with van der Waals surface area (Å²) < 4.78 is 5.64. The topological polar surface area (TPSA) is 58.6 Å². The zero-order valence-corrected chi connectivity index (χ0v) is 12.4. The molecule has 0 saturated carbocycles. The number of hydrogen-bond donors (Lipinski definition) is 2. The van der Waals surface area contributed by atoms with Gasteiger partial charge in [-0.2, -0.15) is 11.3 Å². The van der Waals surface area contributed by atoms with Crippen molar-refractivity contribution in [3.05, 3.63) is 52.2 Å². The fourth-order valence-electron chi connectivity index (χ4n) is 1.56. The first kappa shape index (κ1) is 16.5. The third-order valence-corrected chi connectivity index (χ3v) is 3.25. The van der Waals surface area contributed by atoms with Crippen molar-refractivity contribution >= 4 is 29.7 Å². The van der Waals surface area contributed by atoms with Crippen LogP contribution in [0, 0.1) is 0 Å². The number of hydrogen-bond acceptors (Lipinski definition) is 4. The Kier molecular flexibility index (Phi) is 7.08. The summed E-state index contributed by atoms with van der Waals surface area (Å²) >= 11 is 1.65. The highest BCUT2D eigenvalue weighted by Crippen LogP contribution is 2.15. The summed E-state index contributed by atoms with van der Waals surface area (Å²) in [5.74, 6) is -0.0381. The van der Waals surface area contributed by atoms with Crippen LogP contribution >= 0.6 is 23.7 Å². The van der Waals surface area contributed by atoms with Gasteiger partial charge >= 0.3 is 5.97 Å². The van der Waals surface area contributed by atoms with E-state index >= 15 is 0 Å². The molecule has 0 aliphatic rings. The Morgan fingerprint density at radius 3 is 2.55 bits per heavy atom. The summed E-state index contributed by atoms with van der Waals surface area (Å²) in [5, 5.41) is 15.4. The van der Waals surface area contributed by atoms with E-state index in [1.54, 1.807) is 11.3 Å². The first-order chi connectivity index (χ1) is 9.24. The molecule has 0 radical (unpaired) electrons. The molecule has 20 heavy (non-hydrogen) atoms. The summed E-state index contributed by atoms with van der Waals surface area (Å²) in [6, 6.07) is 9.68. The number of carboxylic acids is 1. The molecule has 0 atom stereocenters. The molecular formula is C14H16ClNO3S. The zero-order valence-electron chi connectivity index (χ0n) is 10.7. The Morgan fingerprint density at radius 1 is 1.20 bits per heavy atom. The van der Waals surface area contributed by atoms with Gasteiger partial charge in [0.25, 0.3) is 0 Å². The second-order valence-electron chi connectivity index (χ2n) is 4.06. The molecular weight excluding hydrogens is 298 g/mol. The third-order valence-electron chi connectivity index (χ3n) is 2.51. The Bertz CT molecular complexity index is 514. The number of carboxylic acid groups (broad SMARTS) is 1. The van der Waals surface area contributed by atoms with Gasteiger partial charge in [-0.15, -0.1) is 12.4 Å². The molecule has 0 aliphatic carbocycles. The first-order valence-corrected chi connectivity index (χ1v) is 6.83. The van der Waals surface area contributed by atoms with Crippen molar-refractivity contribution in [1.29, 1.82) is 0 Å². The number of aliphatic carboxylic acids is 1. The van der Waals surface area contributed by atoms with Gasteiger partial charge in [0.2, 0.25) is 0 Å². The van der Waals surface area contributed by atoms with E-state index in [0.29, 0.717) is 13.2 Å². The zero-order chi connectivity index (χ0) is 13.5. The van der Waals surface area contributed by atoms with E-state index in [2.05, 4.69) is 10.7 Å². The molecule has 0 unspecified atom stereocenters. The Balaban J connectivity index is 0.00000200. The molecule has 2 N–H and O–H groups in total. The molecule has 0 fully saturated rings. The number of carbonyl (C=O) groups is 1. The molecule has 1 aromatic carbocycles. The van der Waals surface area contributed by atoms with Gasteiger partial charge in [-0.25, -0.2) is 0 Å². The van der Waals surface area contributed by atoms with Gasteiger partial charge in [-0.05, 0) is 40.1 Å². The van der Waals surface area contributed by atoms with Gasteiger partial charge in [0.1, 0.15) is 12.4 Å². The number of halogens is 1. The van der Waals surface area contributed by atoms with Crippen LogP contribution in [0.25, 0.3) is 0 Å². The molecule has 2 aromatic rings. The van der Waals surface area contributed by atoms with E-state index in [-0.39, 0.29) is 19.0 Å². The van der Waals surface area contributed by atoms with Crippen LogP contribution in [0.2, 0.25) is 0 Å². The molecule has 6 heteroatoms. The van der Waals surface area contributed by atoms with E-state index in [1.165, 1.54) is 0 Å². The predicted octanol–water partition coefficient (Wildman–Crippen LogP) is 2.92. The summed E-state index contributed by atoms with van der Waals surface area (Å²) in [7, 11) is 0. The Morgan fingerprint density at radius 2 is 1.95 bits per heavy atom. The molecule has 0 saturated heterocycles. The van der Waals surface area contributed by atoms with E-state index in [9.17, 15) is 4.79 Å². The van der Waals surface area contributed by atoms with Gasteiger partial charge in [0.05, 0.1) is 6.54 Å². The van der Waals surface area contributed by atoms with Gasteiger partial charge in [-0.3, -0.25) is 4.79 Å². The van der Waals surface area contributed by atoms with Crippen LogP contribution in [-0.2, 0) is 17.9 Å². The molecule has 0 bridgehead atoms. The average Bonchev–Trinajstić information content (AvgIpc) is 2.90. The normalized spacial score (nSPS) is 9.80. The van der Waals surface area contributed by atoms with Crippen LogP contribution in [0.5, 0.6) is 5.75 Å². The summed E-state index contributed by atoms with van der Waals surface area (Å²) in [6.07, 6.45) is 0. The second-order valence-corrected chi connectivity index (χ2v) is 4.84. The molecule has 0 amide bonds. The van der Waals surface area contributed by atoms with Gasteiger partial charge in [0.15, 0.2) is 0 Å². The van der Waals surface area contributed by atoms with Gasteiger partial charge in [-0.1, -0.05) is 12.1 Å². The van der Waals surface area contributed by atoms with Crippen LogP contribution in [-0.4, -0.2) is 17.6 Å². The number of thiophene rings is 1. The fraction of sp³-hybridized carbons (Fsp3) is 0.214. The first-order valence-electron chi connectivity index (χ1n) is 5.89. The molecule has 0 spiro atoms. The third kappa shape index (κ3) is 5.61. The molecule has 2 rings (SSSR count). The summed E-state index contributed by atoms with van der Waals surface area (Å²) in [4.78, 5) is 10.4. The van der Waals surface area contributed by atoms with E-state index in [0.717, 1.165) is 16.9 Å². The quantitative estimate of drug-likeness (QED) is 0.825. The van der Waals surface area contributed by atoms with Crippen molar-refractivity contribution in [3.63, 3.8) is 0 Å². The largest absolute Gasteiger partial charge is 0.489 e. The predicted molar refractivity (Wildman–Crippen MR) is 81.7 cm³/mol. The van der Waals surface area contributed by atoms with E-state index in [4.69, 9.17) is 9.84 Å². The lowest BCUT2D eigenvalue weighted by Crippen LogP contribution is -2.21. The maximum atomic E-state index is 10.4. The summed E-state index contributed by atoms with van der Waals surface area (Å²) in [6.45, 7) is 1.08. The minimum absolute atomic E-state index is 0. The van der Waals surface area contributed by atoms with Crippen molar-refractivity contribution in [1.82, 2.24) is 5.32 Å². The number of rotatable bonds is 7. The smallest absolute Gasteiger partial charge is 0.317 e.